The van der Waals surface area contributed by atoms with Gasteiger partial charge in [-0.2, -0.15) is 0 Å². The van der Waals surface area contributed by atoms with E-state index in [1.165, 1.54) is 0 Å². The van der Waals surface area contributed by atoms with Crippen molar-refractivity contribution in [3.05, 3.63) is 126 Å². The molecule has 8 atom stereocenters. The van der Waals surface area contributed by atoms with E-state index in [4.69, 9.17) is 174 Å². The molecule has 1 saturated heterocycles. The maximum Gasteiger partial charge on any atom is 0.108 e. The average molecular weight is 1050 g/mol. The highest BCUT2D eigenvalue weighted by Gasteiger charge is 2.48. The lowest BCUT2D eigenvalue weighted by Gasteiger charge is -2.29. The molecule has 55 heavy (non-hydrogen) atoms. The largest absolute Gasteiger partial charge is 0.355 e. The molecule has 0 amide bonds. The smallest absolute Gasteiger partial charge is 0.108 e. The number of halogens is 15. The maximum atomic E-state index is 6.97. The summed E-state index contributed by atoms with van der Waals surface area (Å²) in [6.07, 6.45) is -3.31. The van der Waals surface area contributed by atoms with Gasteiger partial charge in [0.25, 0.3) is 0 Å². The number of hydrogen-bond donors (Lipinski definition) is 8. The van der Waals surface area contributed by atoms with E-state index in [1.807, 2.05) is 0 Å². The summed E-state index contributed by atoms with van der Waals surface area (Å²) in [5, 5.41) is 30.4. The molecule has 0 aromatic heterocycles. The maximum absolute atomic E-state index is 6.97. The normalized spacial score (nSPS) is 29.2. The van der Waals surface area contributed by atoms with E-state index in [1.54, 1.807) is 6.08 Å². The van der Waals surface area contributed by atoms with Crippen molar-refractivity contribution >= 4 is 174 Å². The third-order valence-electron chi connectivity index (χ3n) is 10.3. The van der Waals surface area contributed by atoms with Crippen LogP contribution in [0.4, 0.5) is 0 Å². The van der Waals surface area contributed by atoms with E-state index in [0.717, 1.165) is 0 Å². The molecule has 5 heterocycles. The van der Waals surface area contributed by atoms with Gasteiger partial charge in [0.15, 0.2) is 0 Å². The van der Waals surface area contributed by atoms with Crippen molar-refractivity contribution < 1.29 is 0 Å². The second-order valence-corrected chi connectivity index (χ2v) is 18.8. The van der Waals surface area contributed by atoms with Crippen LogP contribution in [0.3, 0.4) is 0 Å². The van der Waals surface area contributed by atoms with Crippen molar-refractivity contribution in [1.82, 2.24) is 42.5 Å². The number of fused-ring (bicyclic) bond motifs is 19. The van der Waals surface area contributed by atoms with Crippen molar-refractivity contribution in [2.24, 2.45) is 5.92 Å². The average Bonchev–Trinajstić information content (AvgIpc) is 3.89. The molecule has 3 aromatic carbocycles. The van der Waals surface area contributed by atoms with Crippen LogP contribution >= 0.6 is 174 Å². The summed E-state index contributed by atoms with van der Waals surface area (Å²) < 4.78 is 0. The molecule has 3 aromatic rings. The Kier molecular flexibility index (Phi) is 11.1. The lowest BCUT2D eigenvalue weighted by atomic mass is 9.93. The van der Waals surface area contributed by atoms with E-state index in [9.17, 15) is 0 Å². The van der Waals surface area contributed by atoms with Crippen LogP contribution in [-0.4, -0.2) is 6.17 Å². The molecule has 0 saturated carbocycles. The highest BCUT2D eigenvalue weighted by molar-refractivity contribution is 6.54. The molecule has 1 fully saturated rings. The van der Waals surface area contributed by atoms with Gasteiger partial charge in [-0.05, 0) is 0 Å². The quantitative estimate of drug-likeness (QED) is 0.0834. The number of hydrogen-bond acceptors (Lipinski definition) is 8. The van der Waals surface area contributed by atoms with Crippen molar-refractivity contribution in [3.63, 3.8) is 0 Å². The molecule has 5 aliphatic heterocycles. The van der Waals surface area contributed by atoms with E-state index in [2.05, 4.69) is 42.5 Å². The second kappa shape index (κ2) is 14.9. The van der Waals surface area contributed by atoms with Crippen LogP contribution in [0, 0.1) is 5.92 Å². The van der Waals surface area contributed by atoms with Crippen molar-refractivity contribution in [2.45, 2.75) is 43.2 Å². The standard InChI is InChI=1S/C32H17Cl15N8/c33-3-1-2-4(12(35)11(3)34)26-48-25(2)49-27-5-6(14(37)20(43)19(42)13(5)36)29(51-27)53-31-9-10(18(41)24(47)23(46)17(9)40)32(55-31)54-30-8-7(28(50-26)52-30)15(38)21(44)22(45)16(8)39/h1-2,25,27-32,48-55H. The first-order valence-corrected chi connectivity index (χ1v) is 21.5. The third kappa shape index (κ3) is 6.16. The van der Waals surface area contributed by atoms with Gasteiger partial charge in [0, 0.05) is 44.9 Å². The van der Waals surface area contributed by atoms with Gasteiger partial charge in [-0.1, -0.05) is 180 Å². The van der Waals surface area contributed by atoms with Gasteiger partial charge < -0.3 is 10.6 Å². The van der Waals surface area contributed by atoms with Crippen molar-refractivity contribution in [1.29, 1.82) is 0 Å². The van der Waals surface area contributed by atoms with Crippen LogP contribution in [0.2, 0.25) is 60.3 Å². The topological polar surface area (TPSA) is 96.2 Å². The third-order valence-corrected chi connectivity index (χ3v) is 17.1. The summed E-state index contributed by atoms with van der Waals surface area (Å²) in [7, 11) is 0. The Morgan fingerprint density at radius 1 is 0.327 bits per heavy atom. The van der Waals surface area contributed by atoms with E-state index in [0.29, 0.717) is 44.8 Å². The number of benzene rings is 3. The lowest BCUT2D eigenvalue weighted by molar-refractivity contribution is 0.266. The molecule has 0 radical (unpaired) electrons. The molecule has 1 aliphatic carbocycles. The van der Waals surface area contributed by atoms with Crippen molar-refractivity contribution in [2.75, 3.05) is 0 Å². The Hall–Kier alpha value is 0.590. The fraction of sp³-hybridized carbons (Fsp3) is 0.250. The van der Waals surface area contributed by atoms with Crippen molar-refractivity contribution in [3.8, 4) is 0 Å². The van der Waals surface area contributed by atoms with Crippen LogP contribution in [0.15, 0.2) is 32.6 Å². The Morgan fingerprint density at radius 2 is 0.636 bits per heavy atom. The first-order chi connectivity index (χ1) is 26.0. The van der Waals surface area contributed by atoms with Crippen LogP contribution in [0.1, 0.15) is 70.4 Å². The predicted molar refractivity (Wildman–Crippen MR) is 228 cm³/mol. The molecule has 6 aliphatic rings. The zero-order valence-corrected chi connectivity index (χ0v) is 37.7. The molecule has 9 rings (SSSR count). The van der Waals surface area contributed by atoms with E-state index < -0.39 is 49.1 Å². The first kappa shape index (κ1) is 41.0. The molecule has 23 heteroatoms. The van der Waals surface area contributed by atoms with Crippen LogP contribution < -0.4 is 42.5 Å². The van der Waals surface area contributed by atoms with Gasteiger partial charge in [-0.3, -0.25) is 31.9 Å². The highest BCUT2D eigenvalue weighted by Crippen LogP contribution is 2.55. The monoisotopic (exact) mass is 1040 g/mol. The van der Waals surface area contributed by atoms with Gasteiger partial charge >= 0.3 is 0 Å². The molecular weight excluding hydrogens is 1030 g/mol. The fourth-order valence-corrected chi connectivity index (χ4v) is 12.0. The first-order valence-electron chi connectivity index (χ1n) is 15.9. The van der Waals surface area contributed by atoms with E-state index in [-0.39, 0.29) is 75.4 Å². The Balaban J connectivity index is 1.26. The van der Waals surface area contributed by atoms with Gasteiger partial charge in [0.1, 0.15) is 12.0 Å². The van der Waals surface area contributed by atoms with Crippen LogP contribution in [0.5, 0.6) is 0 Å². The number of allylic oxidation sites excluding steroid dienone is 3. The SMILES string of the molecule is ClC1=CC2C(=C3NC4NC(NC5NC(NC6NC(NC2N3)c2c(Cl)c(Cl)c(Cl)c(Cl)c26)c2c(Cl)c(Cl)c(Cl)c(Cl)c25)c2c(Cl)c(Cl)c(Cl)c(Cl)c24)C(Cl)=C1Cl. The Labute approximate surface area is 387 Å². The Bertz CT molecular complexity index is 2380. The Morgan fingerprint density at radius 3 is 1.00 bits per heavy atom. The molecule has 8 bridgehead atoms. The zero-order chi connectivity index (χ0) is 39.3. The van der Waals surface area contributed by atoms with Gasteiger partial charge in [-0.15, -0.1) is 0 Å². The van der Waals surface area contributed by atoms with Crippen LogP contribution in [-0.2, 0) is 0 Å². The van der Waals surface area contributed by atoms with Crippen LogP contribution in [0.25, 0.3) is 0 Å². The summed E-state index contributed by atoms with van der Waals surface area (Å²) in [4.78, 5) is 0. The molecule has 290 valence electrons. The van der Waals surface area contributed by atoms with Gasteiger partial charge in [0.2, 0.25) is 0 Å². The molecular formula is C32H17Cl15N8. The second-order valence-electron chi connectivity index (χ2n) is 13.1. The zero-order valence-electron chi connectivity index (χ0n) is 26.4. The number of nitrogens with one attached hydrogen (secondary N) is 8. The minimum Gasteiger partial charge on any atom is -0.355 e. The van der Waals surface area contributed by atoms with Gasteiger partial charge in [0.05, 0.1) is 112 Å². The molecule has 0 spiro atoms. The predicted octanol–water partition coefficient (Wildman–Crippen LogP) is 12.7. The summed E-state index contributed by atoms with van der Waals surface area (Å²) >= 11 is 102. The molecule has 8 N–H and O–H groups in total. The summed E-state index contributed by atoms with van der Waals surface area (Å²) in [6, 6.07) is 0. The van der Waals surface area contributed by atoms with E-state index >= 15 is 0 Å². The highest BCUT2D eigenvalue weighted by atomic mass is 35.5. The molecule has 8 nitrogen and oxygen atoms in total. The lowest BCUT2D eigenvalue weighted by Crippen LogP contribution is -2.50. The summed E-state index contributed by atoms with van der Waals surface area (Å²) in [5.41, 5.74) is 3.69. The number of rotatable bonds is 0. The molecule has 8 unspecified atom stereocenters. The minimum absolute atomic E-state index is 0.0580. The summed E-state index contributed by atoms with van der Waals surface area (Å²) in [5.74, 6) is 0.00218. The fourth-order valence-electron chi connectivity index (χ4n) is 7.93. The van der Waals surface area contributed by atoms with Gasteiger partial charge in [-0.25, -0.2) is 0 Å². The minimum atomic E-state index is -0.765. The summed E-state index contributed by atoms with van der Waals surface area (Å²) in [6.45, 7) is 0.